The standard InChI is InChI=1S/C23H27N5O/c1-26(14-17-4-2-5-21(11-17)28-9-3-8-25-28)16-19-6-7-22-20-10-18(12-24-13-20)15-27(22)23(19)29/h2-9,11,18,20,24H,10,12-16H2,1H3/t18-,20+/m0/s1. The van der Waals surface area contributed by atoms with Crippen LogP contribution >= 0.6 is 0 Å². The minimum atomic E-state index is 0.191. The van der Waals surface area contributed by atoms with Crippen LogP contribution in [0.25, 0.3) is 5.69 Å². The molecule has 3 aromatic rings. The highest BCUT2D eigenvalue weighted by molar-refractivity contribution is 5.35. The second-order valence-electron chi connectivity index (χ2n) is 8.45. The van der Waals surface area contributed by atoms with Crippen LogP contribution in [-0.4, -0.2) is 39.4 Å². The molecule has 1 N–H and O–H groups in total. The number of aromatic nitrogens is 3. The van der Waals surface area contributed by atoms with E-state index >= 15 is 0 Å². The maximum atomic E-state index is 13.1. The van der Waals surface area contributed by atoms with E-state index in [-0.39, 0.29) is 5.56 Å². The summed E-state index contributed by atoms with van der Waals surface area (Å²) in [6, 6.07) is 14.5. The lowest BCUT2D eigenvalue weighted by Crippen LogP contribution is -2.45. The predicted molar refractivity (Wildman–Crippen MR) is 113 cm³/mol. The average Bonchev–Trinajstić information content (AvgIpc) is 3.26. The summed E-state index contributed by atoms with van der Waals surface area (Å²) in [7, 11) is 2.07. The lowest BCUT2D eigenvalue weighted by atomic mass is 9.84. The lowest BCUT2D eigenvalue weighted by molar-refractivity contribution is 0.254. The first kappa shape index (κ1) is 18.3. The zero-order chi connectivity index (χ0) is 19.8. The molecule has 1 saturated heterocycles. The van der Waals surface area contributed by atoms with E-state index in [1.54, 1.807) is 6.20 Å². The Hall–Kier alpha value is -2.70. The van der Waals surface area contributed by atoms with Crippen LogP contribution in [0.15, 0.2) is 59.7 Å². The highest BCUT2D eigenvalue weighted by Crippen LogP contribution is 2.31. The molecule has 0 amide bonds. The third-order valence-corrected chi connectivity index (χ3v) is 6.16. The van der Waals surface area contributed by atoms with Crippen molar-refractivity contribution < 1.29 is 0 Å². The largest absolute Gasteiger partial charge is 0.316 e. The summed E-state index contributed by atoms with van der Waals surface area (Å²) >= 11 is 0. The Morgan fingerprint density at radius 2 is 2.10 bits per heavy atom. The fraction of sp³-hybridized carbons (Fsp3) is 0.391. The van der Waals surface area contributed by atoms with Crippen LogP contribution in [0.3, 0.4) is 0 Å². The Bertz CT molecular complexity index is 1060. The number of piperidine rings is 1. The number of hydrogen-bond donors (Lipinski definition) is 1. The summed E-state index contributed by atoms with van der Waals surface area (Å²) in [5.74, 6) is 1.06. The zero-order valence-electron chi connectivity index (χ0n) is 16.8. The van der Waals surface area contributed by atoms with Crippen molar-refractivity contribution in [2.24, 2.45) is 5.92 Å². The van der Waals surface area contributed by atoms with Gasteiger partial charge < -0.3 is 9.88 Å². The van der Waals surface area contributed by atoms with Gasteiger partial charge in [0.1, 0.15) is 0 Å². The SMILES string of the molecule is CN(Cc1cccc(-n2cccn2)c1)Cc1ccc2n(c1=O)C[C@@H]1CNC[C@H]2C1. The molecule has 6 heteroatoms. The van der Waals surface area contributed by atoms with E-state index in [1.165, 1.54) is 17.7 Å². The molecule has 0 radical (unpaired) electrons. The first-order chi connectivity index (χ1) is 14.2. The smallest absolute Gasteiger partial charge is 0.255 e. The number of nitrogens with zero attached hydrogens (tertiary/aromatic N) is 4. The Kier molecular flexibility index (Phi) is 4.81. The zero-order valence-corrected chi connectivity index (χ0v) is 16.8. The number of fused-ring (bicyclic) bond motifs is 4. The van der Waals surface area contributed by atoms with Gasteiger partial charge in [-0.05, 0) is 55.8 Å². The average molecular weight is 390 g/mol. The fourth-order valence-corrected chi connectivity index (χ4v) is 4.83. The highest BCUT2D eigenvalue weighted by Gasteiger charge is 2.31. The molecule has 0 spiro atoms. The number of hydrogen-bond acceptors (Lipinski definition) is 4. The Morgan fingerprint density at radius 3 is 2.97 bits per heavy atom. The van der Waals surface area contributed by atoms with E-state index in [0.717, 1.165) is 37.4 Å². The first-order valence-electron chi connectivity index (χ1n) is 10.4. The Labute approximate surface area is 170 Å². The van der Waals surface area contributed by atoms with Crippen LogP contribution < -0.4 is 10.9 Å². The van der Waals surface area contributed by atoms with Gasteiger partial charge in [0.15, 0.2) is 0 Å². The van der Waals surface area contributed by atoms with Gasteiger partial charge in [0.25, 0.3) is 5.56 Å². The fourth-order valence-electron chi connectivity index (χ4n) is 4.83. The van der Waals surface area contributed by atoms with E-state index < -0.39 is 0 Å². The van der Waals surface area contributed by atoms with Crippen LogP contribution in [0.5, 0.6) is 0 Å². The summed E-state index contributed by atoms with van der Waals surface area (Å²) in [5, 5.41) is 7.81. The van der Waals surface area contributed by atoms with Crippen LogP contribution in [-0.2, 0) is 19.6 Å². The third-order valence-electron chi connectivity index (χ3n) is 6.16. The minimum absolute atomic E-state index is 0.191. The third kappa shape index (κ3) is 3.66. The lowest BCUT2D eigenvalue weighted by Gasteiger charge is -2.37. The molecule has 1 aromatic carbocycles. The summed E-state index contributed by atoms with van der Waals surface area (Å²) < 4.78 is 3.91. The van der Waals surface area contributed by atoms with Gasteiger partial charge in [-0.1, -0.05) is 18.2 Å². The minimum Gasteiger partial charge on any atom is -0.316 e. The first-order valence-corrected chi connectivity index (χ1v) is 10.4. The maximum absolute atomic E-state index is 13.1. The molecule has 0 unspecified atom stereocenters. The number of nitrogens with one attached hydrogen (secondary N) is 1. The molecular formula is C23H27N5O. The van der Waals surface area contributed by atoms with Crippen molar-refractivity contribution in [2.45, 2.75) is 32.0 Å². The topological polar surface area (TPSA) is 55.1 Å². The van der Waals surface area contributed by atoms with Gasteiger partial charge in [0.2, 0.25) is 0 Å². The Balaban J connectivity index is 1.33. The molecule has 2 bridgehead atoms. The molecule has 29 heavy (non-hydrogen) atoms. The summed E-state index contributed by atoms with van der Waals surface area (Å²) in [5.41, 5.74) is 4.54. The molecule has 150 valence electrons. The molecule has 5 rings (SSSR count). The van der Waals surface area contributed by atoms with E-state index in [1.807, 2.05) is 27.6 Å². The van der Waals surface area contributed by atoms with Crippen molar-refractivity contribution in [1.82, 2.24) is 24.6 Å². The van der Waals surface area contributed by atoms with E-state index in [4.69, 9.17) is 0 Å². The van der Waals surface area contributed by atoms with Crippen LogP contribution in [0.2, 0.25) is 0 Å². The van der Waals surface area contributed by atoms with Crippen molar-refractivity contribution in [2.75, 3.05) is 20.1 Å². The van der Waals surface area contributed by atoms with Gasteiger partial charge in [-0.3, -0.25) is 9.69 Å². The molecule has 2 aliphatic rings. The quantitative estimate of drug-likeness (QED) is 0.728. The monoisotopic (exact) mass is 389 g/mol. The molecular weight excluding hydrogens is 362 g/mol. The molecule has 0 aliphatic carbocycles. The van der Waals surface area contributed by atoms with Crippen LogP contribution in [0.1, 0.15) is 29.2 Å². The van der Waals surface area contributed by atoms with Crippen molar-refractivity contribution in [3.8, 4) is 5.69 Å². The second kappa shape index (κ2) is 7.61. The number of rotatable bonds is 5. The van der Waals surface area contributed by atoms with Gasteiger partial charge in [-0.25, -0.2) is 4.68 Å². The van der Waals surface area contributed by atoms with Crippen LogP contribution in [0, 0.1) is 5.92 Å². The van der Waals surface area contributed by atoms with E-state index in [0.29, 0.717) is 18.4 Å². The van der Waals surface area contributed by atoms with Gasteiger partial charge in [-0.2, -0.15) is 5.10 Å². The molecule has 2 atom stereocenters. The van der Waals surface area contributed by atoms with Gasteiger partial charge in [-0.15, -0.1) is 0 Å². The van der Waals surface area contributed by atoms with Crippen molar-refractivity contribution >= 4 is 0 Å². The Morgan fingerprint density at radius 1 is 1.17 bits per heavy atom. The summed E-state index contributed by atoms with van der Waals surface area (Å²) in [6.45, 7) is 4.30. The summed E-state index contributed by atoms with van der Waals surface area (Å²) in [6.07, 6.45) is 4.94. The van der Waals surface area contributed by atoms with Gasteiger partial charge in [0, 0.05) is 55.7 Å². The summed E-state index contributed by atoms with van der Waals surface area (Å²) in [4.78, 5) is 15.4. The second-order valence-corrected chi connectivity index (χ2v) is 8.45. The molecule has 0 saturated carbocycles. The predicted octanol–water partition coefficient (Wildman–Crippen LogP) is 2.37. The molecule has 6 nitrogen and oxygen atoms in total. The number of benzene rings is 1. The molecule has 2 aromatic heterocycles. The molecule has 4 heterocycles. The van der Waals surface area contributed by atoms with Crippen molar-refractivity contribution in [3.05, 3.63) is 82.0 Å². The highest BCUT2D eigenvalue weighted by atomic mass is 16.1. The van der Waals surface area contributed by atoms with E-state index in [2.05, 4.69) is 52.7 Å². The maximum Gasteiger partial charge on any atom is 0.255 e. The van der Waals surface area contributed by atoms with Crippen molar-refractivity contribution in [1.29, 1.82) is 0 Å². The van der Waals surface area contributed by atoms with Crippen LogP contribution in [0.4, 0.5) is 0 Å². The number of pyridine rings is 1. The normalized spacial score (nSPS) is 20.6. The van der Waals surface area contributed by atoms with Gasteiger partial charge >= 0.3 is 0 Å². The molecule has 2 aliphatic heterocycles. The van der Waals surface area contributed by atoms with E-state index in [9.17, 15) is 4.79 Å². The van der Waals surface area contributed by atoms with Gasteiger partial charge in [0.05, 0.1) is 5.69 Å². The van der Waals surface area contributed by atoms with Crippen molar-refractivity contribution in [3.63, 3.8) is 0 Å². The molecule has 1 fully saturated rings.